The van der Waals surface area contributed by atoms with E-state index in [2.05, 4.69) is 25.2 Å². The van der Waals surface area contributed by atoms with Crippen molar-refractivity contribution in [3.05, 3.63) is 57.8 Å². The molecule has 3 unspecified atom stereocenters. The van der Waals surface area contributed by atoms with E-state index in [-0.39, 0.29) is 12.1 Å². The summed E-state index contributed by atoms with van der Waals surface area (Å²) in [6.45, 7) is 6.28. The molecule has 1 saturated carbocycles. The normalized spacial score (nSPS) is 23.1. The number of halogens is 2. The Morgan fingerprint density at radius 1 is 1.21 bits per heavy atom. The lowest BCUT2D eigenvalue weighted by Crippen LogP contribution is -2.23. The summed E-state index contributed by atoms with van der Waals surface area (Å²) in [7, 11) is 0. The number of aromatic nitrogens is 5. The minimum atomic E-state index is -2.82. The van der Waals surface area contributed by atoms with Gasteiger partial charge in [0.1, 0.15) is 17.2 Å². The third-order valence-electron chi connectivity index (χ3n) is 7.36. The van der Waals surface area contributed by atoms with Crippen LogP contribution < -0.4 is 4.90 Å². The van der Waals surface area contributed by atoms with Gasteiger partial charge in [-0.3, -0.25) is 14.8 Å². The number of aryl methyl sites for hydroxylation is 2. The fraction of sp³-hybridized carbons (Fsp3) is 0.500. The number of hydrogen-bond acceptors (Lipinski definition) is 6. The largest absolute Gasteiger partial charge is 0.368 e. The first-order valence-electron chi connectivity index (χ1n) is 11.7. The number of aliphatic hydroxyl groups excluding tert-OH is 1. The quantitative estimate of drug-likeness (QED) is 0.579. The Hall–Kier alpha value is -3.14. The van der Waals surface area contributed by atoms with Crippen LogP contribution in [-0.4, -0.2) is 48.9 Å². The molecule has 2 N–H and O–H groups in total. The molecule has 10 heteroatoms. The van der Waals surface area contributed by atoms with Gasteiger partial charge >= 0.3 is 0 Å². The van der Waals surface area contributed by atoms with Crippen molar-refractivity contribution < 1.29 is 13.9 Å². The number of nitrogens with one attached hydrogen (secondary N) is 1. The highest BCUT2D eigenvalue weighted by molar-refractivity contribution is 6.03. The van der Waals surface area contributed by atoms with Crippen LogP contribution in [-0.2, 0) is 13.0 Å². The summed E-state index contributed by atoms with van der Waals surface area (Å²) in [5, 5.41) is 22.0. The summed E-state index contributed by atoms with van der Waals surface area (Å²) in [5.74, 6) is 2.61. The predicted octanol–water partition coefficient (Wildman–Crippen LogP) is 3.49. The number of rotatable bonds is 6. The van der Waals surface area contributed by atoms with Crippen LogP contribution in [0.5, 0.6) is 0 Å². The topological polar surface area (TPSA) is 95.2 Å². The lowest BCUT2D eigenvalue weighted by atomic mass is 10.2. The van der Waals surface area contributed by atoms with Gasteiger partial charge in [0.05, 0.1) is 12.3 Å². The number of alkyl halides is 2. The van der Waals surface area contributed by atoms with Crippen molar-refractivity contribution in [1.29, 1.82) is 0 Å². The molecule has 1 aliphatic heterocycles. The van der Waals surface area contributed by atoms with Gasteiger partial charge in [-0.25, -0.2) is 13.8 Å². The molecular weight excluding hydrogens is 440 g/mol. The maximum Gasteiger partial charge on any atom is 0.282 e. The molecule has 0 spiro atoms. The Kier molecular flexibility index (Phi) is 5.02. The molecule has 3 aromatic rings. The van der Waals surface area contributed by atoms with E-state index in [1.807, 2.05) is 26.0 Å². The summed E-state index contributed by atoms with van der Waals surface area (Å²) in [5.41, 5.74) is 4.67. The first-order valence-corrected chi connectivity index (χ1v) is 11.7. The number of pyridine rings is 1. The van der Waals surface area contributed by atoms with Gasteiger partial charge in [-0.1, -0.05) is 6.07 Å². The molecule has 8 nitrogen and oxygen atoms in total. The van der Waals surface area contributed by atoms with Gasteiger partial charge in [0.25, 0.3) is 6.43 Å². The highest BCUT2D eigenvalue weighted by Crippen LogP contribution is 2.46. The summed E-state index contributed by atoms with van der Waals surface area (Å²) in [4.78, 5) is 11.4. The molecule has 3 aromatic heterocycles. The minimum Gasteiger partial charge on any atom is -0.368 e. The van der Waals surface area contributed by atoms with E-state index in [4.69, 9.17) is 4.98 Å². The summed E-state index contributed by atoms with van der Waals surface area (Å²) in [6.07, 6.45) is -0.0614. The molecule has 6 rings (SSSR count). The van der Waals surface area contributed by atoms with Gasteiger partial charge < -0.3 is 10.0 Å². The molecule has 1 saturated heterocycles. The summed E-state index contributed by atoms with van der Waals surface area (Å²) in [6, 6.07) is 3.98. The van der Waals surface area contributed by atoms with Crippen molar-refractivity contribution in [1.82, 2.24) is 25.0 Å². The SMILES string of the molecule is Cc1nc(N2CC3CC3C2)ccc1Cn1cc(C(O)/N=C2/CCc3c2n[nH]c3C)c(C(F)F)n1. The molecule has 178 valence electrons. The van der Waals surface area contributed by atoms with Crippen LogP contribution >= 0.6 is 0 Å². The minimum absolute atomic E-state index is 0.0155. The second-order valence-electron chi connectivity index (χ2n) is 9.67. The standard InChI is InChI=1S/C24H27F2N7O/c1-12-14(3-6-20(27-12)32-8-15-7-16(15)9-32)10-33-11-18(22(31-33)23(25)26)24(34)28-19-5-4-17-13(2)29-30-21(17)19/h3,6,11,15-16,23-24,34H,4-5,7-10H2,1-2H3,(H,29,30)/b28-19-. The van der Waals surface area contributed by atoms with Crippen LogP contribution in [0.4, 0.5) is 14.6 Å². The number of aliphatic imine (C=N–C) groups is 1. The van der Waals surface area contributed by atoms with E-state index in [1.54, 1.807) is 0 Å². The van der Waals surface area contributed by atoms with E-state index >= 15 is 0 Å². The number of aliphatic hydroxyl groups is 1. The van der Waals surface area contributed by atoms with E-state index in [0.29, 0.717) is 17.8 Å². The molecule has 0 radical (unpaired) electrons. The smallest absolute Gasteiger partial charge is 0.282 e. The van der Waals surface area contributed by atoms with Crippen LogP contribution in [0.1, 0.15) is 65.0 Å². The maximum absolute atomic E-state index is 13.8. The first kappa shape index (κ1) is 21.4. The number of aromatic amines is 1. The molecule has 0 amide bonds. The van der Waals surface area contributed by atoms with Crippen molar-refractivity contribution in [2.45, 2.75) is 52.3 Å². The van der Waals surface area contributed by atoms with E-state index in [1.165, 1.54) is 17.3 Å². The summed E-state index contributed by atoms with van der Waals surface area (Å²) < 4.78 is 29.0. The number of H-pyrrole nitrogens is 1. The summed E-state index contributed by atoms with van der Waals surface area (Å²) >= 11 is 0. The Bertz CT molecular complexity index is 1270. The maximum atomic E-state index is 13.8. The van der Waals surface area contributed by atoms with Crippen LogP contribution in [0.25, 0.3) is 0 Å². The molecule has 3 aliphatic rings. The van der Waals surface area contributed by atoms with Crippen LogP contribution in [0, 0.1) is 25.7 Å². The third-order valence-corrected chi connectivity index (χ3v) is 7.36. The number of fused-ring (bicyclic) bond motifs is 2. The number of piperidine rings is 1. The highest BCUT2D eigenvalue weighted by Gasteiger charge is 2.45. The second kappa shape index (κ2) is 7.97. The van der Waals surface area contributed by atoms with Gasteiger partial charge in [0.15, 0.2) is 6.23 Å². The van der Waals surface area contributed by atoms with E-state index < -0.39 is 18.3 Å². The van der Waals surface area contributed by atoms with Crippen LogP contribution in [0.15, 0.2) is 23.3 Å². The number of hydrogen-bond donors (Lipinski definition) is 2. The lowest BCUT2D eigenvalue weighted by Gasteiger charge is -2.20. The van der Waals surface area contributed by atoms with Crippen LogP contribution in [0.3, 0.4) is 0 Å². The van der Waals surface area contributed by atoms with E-state index in [0.717, 1.165) is 59.7 Å². The Morgan fingerprint density at radius 3 is 2.74 bits per heavy atom. The fourth-order valence-corrected chi connectivity index (χ4v) is 5.28. The van der Waals surface area contributed by atoms with Crippen LogP contribution in [0.2, 0.25) is 0 Å². The molecular formula is C24H27F2N7O. The lowest BCUT2D eigenvalue weighted by molar-refractivity contribution is 0.134. The molecule has 0 aromatic carbocycles. The van der Waals surface area contributed by atoms with Gasteiger partial charge in [0.2, 0.25) is 0 Å². The Balaban J connectivity index is 1.23. The number of nitrogens with zero attached hydrogens (tertiary/aromatic N) is 6. The number of anilines is 1. The second-order valence-corrected chi connectivity index (χ2v) is 9.67. The van der Waals surface area contributed by atoms with Crippen molar-refractivity contribution in [2.24, 2.45) is 16.8 Å². The molecule has 34 heavy (non-hydrogen) atoms. The average Bonchev–Trinajstić information content (AvgIpc) is 3.24. The van der Waals surface area contributed by atoms with Crippen molar-refractivity contribution in [3.63, 3.8) is 0 Å². The first-order chi connectivity index (χ1) is 16.4. The zero-order chi connectivity index (χ0) is 23.6. The van der Waals surface area contributed by atoms with Gasteiger partial charge in [-0.15, -0.1) is 0 Å². The van der Waals surface area contributed by atoms with Crippen molar-refractivity contribution >= 4 is 11.5 Å². The Morgan fingerprint density at radius 2 is 2.00 bits per heavy atom. The van der Waals surface area contributed by atoms with Gasteiger partial charge in [0, 0.05) is 41.8 Å². The molecule has 2 fully saturated rings. The van der Waals surface area contributed by atoms with Crippen molar-refractivity contribution in [3.8, 4) is 0 Å². The predicted molar refractivity (Wildman–Crippen MR) is 122 cm³/mol. The van der Waals surface area contributed by atoms with Crippen molar-refractivity contribution in [2.75, 3.05) is 18.0 Å². The molecule has 3 atom stereocenters. The molecule has 0 bridgehead atoms. The van der Waals surface area contributed by atoms with Gasteiger partial charge in [-0.05, 0) is 56.6 Å². The average molecular weight is 468 g/mol. The highest BCUT2D eigenvalue weighted by atomic mass is 19.3. The third kappa shape index (κ3) is 3.70. The Labute approximate surface area is 195 Å². The van der Waals surface area contributed by atoms with Gasteiger partial charge in [-0.2, -0.15) is 10.2 Å². The molecule has 4 heterocycles. The zero-order valence-electron chi connectivity index (χ0n) is 19.2. The van der Waals surface area contributed by atoms with E-state index in [9.17, 15) is 13.9 Å². The zero-order valence-corrected chi connectivity index (χ0v) is 19.2. The monoisotopic (exact) mass is 467 g/mol. The fourth-order valence-electron chi connectivity index (χ4n) is 5.28. The molecule has 2 aliphatic carbocycles.